The fourth-order valence-electron chi connectivity index (χ4n) is 4.16. The van der Waals surface area contributed by atoms with Crippen LogP contribution in [0.2, 0.25) is 5.02 Å². The minimum atomic E-state index is -1.16. The van der Waals surface area contributed by atoms with Crippen LogP contribution < -0.4 is 10.6 Å². The number of nitrogens with one attached hydrogen (secondary N) is 2. The topological polar surface area (TPSA) is 76.0 Å². The highest BCUT2D eigenvalue weighted by atomic mass is 35.5. The van der Waals surface area contributed by atoms with Gasteiger partial charge in [0.2, 0.25) is 11.8 Å². The Hall–Kier alpha value is -3.12. The molecule has 0 saturated heterocycles. The number of halogens is 1. The maximum absolute atomic E-state index is 13.1. The van der Waals surface area contributed by atoms with E-state index in [9.17, 15) is 9.59 Å². The number of carbonyl (C=O) groups excluding carboxylic acids is 2. The van der Waals surface area contributed by atoms with Crippen LogP contribution >= 0.6 is 11.6 Å². The van der Waals surface area contributed by atoms with E-state index in [2.05, 4.69) is 15.7 Å². The van der Waals surface area contributed by atoms with Crippen molar-refractivity contribution in [3.63, 3.8) is 0 Å². The largest absolute Gasteiger partial charge is 0.325 e. The van der Waals surface area contributed by atoms with Crippen molar-refractivity contribution in [1.82, 2.24) is 9.78 Å². The molecular weight excluding hydrogens is 376 g/mol. The van der Waals surface area contributed by atoms with Gasteiger partial charge in [-0.25, -0.2) is 4.68 Å². The first-order chi connectivity index (χ1) is 13.5. The molecule has 3 aromatic rings. The molecule has 0 fully saturated rings. The van der Waals surface area contributed by atoms with Crippen LogP contribution in [0.5, 0.6) is 0 Å². The molecule has 0 bridgehead atoms. The molecule has 0 radical (unpaired) electrons. The number of hydrogen-bond acceptors (Lipinski definition) is 3. The molecule has 7 heteroatoms. The van der Waals surface area contributed by atoms with Gasteiger partial charge < -0.3 is 10.6 Å². The number of fused-ring (bicyclic) bond motifs is 4. The molecule has 2 amide bonds. The van der Waals surface area contributed by atoms with Crippen molar-refractivity contribution in [2.24, 2.45) is 0 Å². The number of nitrogens with zero attached hydrogens (tertiary/aromatic N) is 2. The number of carbonyl (C=O) groups is 2. The Morgan fingerprint density at radius 3 is 2.71 bits per heavy atom. The van der Waals surface area contributed by atoms with Crippen molar-refractivity contribution < 1.29 is 9.59 Å². The lowest BCUT2D eigenvalue weighted by Crippen LogP contribution is -2.43. The molecule has 2 aromatic carbocycles. The third-order valence-electron chi connectivity index (χ3n) is 5.51. The summed E-state index contributed by atoms with van der Waals surface area (Å²) in [6.07, 6.45) is 1.67. The van der Waals surface area contributed by atoms with E-state index in [0.29, 0.717) is 34.2 Å². The quantitative estimate of drug-likeness (QED) is 0.701. The summed E-state index contributed by atoms with van der Waals surface area (Å²) in [5.41, 5.74) is 3.03. The normalized spacial score (nSPS) is 19.9. The standard InChI is InChI=1S/C21H17ClN4O2/c1-12-5-7-13(8-6-12)11-26-19-14(10-23-26)21(9-17(27)25-19)18-15(22)3-2-4-16(18)24-20(21)28/h2-8,10H,9,11H2,1H3,(H,24,28)(H,25,27)/t21-/m0/s1. The molecule has 0 saturated carbocycles. The lowest BCUT2D eigenvalue weighted by atomic mass is 9.72. The first kappa shape index (κ1) is 17.0. The predicted octanol–water partition coefficient (Wildman–Crippen LogP) is 3.47. The fourth-order valence-corrected chi connectivity index (χ4v) is 4.49. The molecule has 0 aliphatic carbocycles. The van der Waals surface area contributed by atoms with Crippen molar-refractivity contribution in [3.8, 4) is 0 Å². The van der Waals surface area contributed by atoms with Gasteiger partial charge in [0.1, 0.15) is 11.2 Å². The molecular formula is C21H17ClN4O2. The Kier molecular flexibility index (Phi) is 3.61. The number of hydrogen-bond donors (Lipinski definition) is 2. The van der Waals surface area contributed by atoms with Crippen LogP contribution in [0.1, 0.15) is 28.7 Å². The molecule has 28 heavy (non-hydrogen) atoms. The van der Waals surface area contributed by atoms with E-state index < -0.39 is 5.41 Å². The average molecular weight is 393 g/mol. The van der Waals surface area contributed by atoms with Crippen LogP contribution in [0.15, 0.2) is 48.7 Å². The van der Waals surface area contributed by atoms with Crippen molar-refractivity contribution in [2.75, 3.05) is 10.6 Å². The minimum absolute atomic E-state index is 0.00120. The minimum Gasteiger partial charge on any atom is -0.325 e. The van der Waals surface area contributed by atoms with Gasteiger partial charge in [-0.1, -0.05) is 47.5 Å². The number of benzene rings is 2. The van der Waals surface area contributed by atoms with Crippen molar-refractivity contribution >= 4 is 34.9 Å². The van der Waals surface area contributed by atoms with Gasteiger partial charge in [0.25, 0.3) is 0 Å². The molecule has 1 aromatic heterocycles. The van der Waals surface area contributed by atoms with Gasteiger partial charge >= 0.3 is 0 Å². The van der Waals surface area contributed by atoms with Crippen LogP contribution in [0.4, 0.5) is 11.5 Å². The third kappa shape index (κ3) is 2.31. The number of anilines is 2. The van der Waals surface area contributed by atoms with Gasteiger partial charge in [-0.2, -0.15) is 5.10 Å². The number of aryl methyl sites for hydroxylation is 1. The maximum Gasteiger partial charge on any atom is 0.240 e. The van der Waals surface area contributed by atoms with Crippen molar-refractivity contribution in [3.05, 3.63) is 75.9 Å². The highest BCUT2D eigenvalue weighted by Crippen LogP contribution is 2.52. The van der Waals surface area contributed by atoms with E-state index in [4.69, 9.17) is 11.6 Å². The van der Waals surface area contributed by atoms with Gasteiger partial charge in [-0.15, -0.1) is 0 Å². The molecule has 2 aliphatic heterocycles. The van der Waals surface area contributed by atoms with Crippen LogP contribution in [0, 0.1) is 6.92 Å². The first-order valence-electron chi connectivity index (χ1n) is 9.01. The second kappa shape index (κ2) is 5.94. The Morgan fingerprint density at radius 2 is 1.93 bits per heavy atom. The summed E-state index contributed by atoms with van der Waals surface area (Å²) in [5.74, 6) is 0.0578. The van der Waals surface area contributed by atoms with E-state index in [-0.39, 0.29) is 18.2 Å². The summed E-state index contributed by atoms with van der Waals surface area (Å²) >= 11 is 6.47. The molecule has 1 atom stereocenters. The van der Waals surface area contributed by atoms with Crippen LogP contribution in [-0.2, 0) is 21.5 Å². The van der Waals surface area contributed by atoms with E-state index >= 15 is 0 Å². The predicted molar refractivity (Wildman–Crippen MR) is 107 cm³/mol. The zero-order valence-electron chi connectivity index (χ0n) is 15.1. The van der Waals surface area contributed by atoms with Gasteiger partial charge in [-0.3, -0.25) is 9.59 Å². The zero-order chi connectivity index (χ0) is 19.5. The zero-order valence-corrected chi connectivity index (χ0v) is 15.9. The van der Waals surface area contributed by atoms with Crippen LogP contribution in [0.25, 0.3) is 0 Å². The molecule has 3 heterocycles. The van der Waals surface area contributed by atoms with Gasteiger partial charge in [0, 0.05) is 28.3 Å². The monoisotopic (exact) mass is 392 g/mol. The molecule has 5 rings (SSSR count). The first-order valence-corrected chi connectivity index (χ1v) is 9.39. The van der Waals surface area contributed by atoms with E-state index in [1.165, 1.54) is 5.56 Å². The number of rotatable bonds is 2. The third-order valence-corrected chi connectivity index (χ3v) is 5.83. The van der Waals surface area contributed by atoms with Gasteiger partial charge in [0.15, 0.2) is 0 Å². The summed E-state index contributed by atoms with van der Waals surface area (Å²) in [7, 11) is 0. The highest BCUT2D eigenvalue weighted by molar-refractivity contribution is 6.33. The van der Waals surface area contributed by atoms with Crippen molar-refractivity contribution in [1.29, 1.82) is 0 Å². The van der Waals surface area contributed by atoms with E-state index in [1.54, 1.807) is 29.1 Å². The smallest absolute Gasteiger partial charge is 0.240 e. The van der Waals surface area contributed by atoms with Crippen LogP contribution in [0.3, 0.4) is 0 Å². The highest BCUT2D eigenvalue weighted by Gasteiger charge is 2.55. The lowest BCUT2D eigenvalue weighted by molar-refractivity contribution is -0.125. The second-order valence-electron chi connectivity index (χ2n) is 7.30. The molecule has 140 valence electrons. The van der Waals surface area contributed by atoms with Gasteiger partial charge in [-0.05, 0) is 24.6 Å². The molecule has 2 aliphatic rings. The Morgan fingerprint density at radius 1 is 1.14 bits per heavy atom. The average Bonchev–Trinajstić information content (AvgIpc) is 3.18. The number of aromatic nitrogens is 2. The molecule has 2 N–H and O–H groups in total. The maximum atomic E-state index is 13.1. The molecule has 0 unspecified atom stereocenters. The Balaban J connectivity index is 1.66. The van der Waals surface area contributed by atoms with Gasteiger partial charge in [0.05, 0.1) is 12.7 Å². The second-order valence-corrected chi connectivity index (χ2v) is 7.70. The molecule has 1 spiro atoms. The summed E-state index contributed by atoms with van der Waals surface area (Å²) in [5, 5.41) is 10.7. The van der Waals surface area contributed by atoms with Crippen molar-refractivity contribution in [2.45, 2.75) is 25.3 Å². The number of amides is 2. The Labute approximate surface area is 166 Å². The summed E-state index contributed by atoms with van der Waals surface area (Å²) in [6.45, 7) is 2.52. The van der Waals surface area contributed by atoms with Crippen LogP contribution in [-0.4, -0.2) is 21.6 Å². The lowest BCUT2D eigenvalue weighted by Gasteiger charge is -2.32. The van der Waals surface area contributed by atoms with E-state index in [0.717, 1.165) is 5.56 Å². The molecule has 6 nitrogen and oxygen atoms in total. The SMILES string of the molecule is Cc1ccc(Cn2ncc3c2NC(=O)C[C@]32C(=O)Nc3cccc(Cl)c32)cc1. The summed E-state index contributed by atoms with van der Waals surface area (Å²) in [6, 6.07) is 13.4. The summed E-state index contributed by atoms with van der Waals surface area (Å²) in [4.78, 5) is 25.7. The van der Waals surface area contributed by atoms with E-state index in [1.807, 2.05) is 31.2 Å². The summed E-state index contributed by atoms with van der Waals surface area (Å²) < 4.78 is 1.72. The fraction of sp³-hybridized carbons (Fsp3) is 0.190. The Bertz CT molecular complexity index is 1140.